The van der Waals surface area contributed by atoms with Crippen LogP contribution in [0.4, 0.5) is 11.5 Å². The summed E-state index contributed by atoms with van der Waals surface area (Å²) in [7, 11) is 0. The van der Waals surface area contributed by atoms with Crippen LogP contribution >= 0.6 is 0 Å². The first kappa shape index (κ1) is 21.6. The lowest BCUT2D eigenvalue weighted by molar-refractivity contribution is -0.120. The summed E-state index contributed by atoms with van der Waals surface area (Å²) in [6.07, 6.45) is 1.68. The number of hydrogen-bond donors (Lipinski definition) is 1. The molecule has 0 radical (unpaired) electrons. The van der Waals surface area contributed by atoms with Crippen LogP contribution in [-0.2, 0) is 17.9 Å². The van der Waals surface area contributed by atoms with Gasteiger partial charge in [0.25, 0.3) is 0 Å². The summed E-state index contributed by atoms with van der Waals surface area (Å²) in [6, 6.07) is 24.8. The van der Waals surface area contributed by atoms with E-state index in [4.69, 9.17) is 4.98 Å². The molecule has 4 heteroatoms. The molecule has 0 aliphatic rings. The first-order valence-corrected chi connectivity index (χ1v) is 10.7. The Hall–Kier alpha value is -3.14. The van der Waals surface area contributed by atoms with E-state index in [1.54, 1.807) is 0 Å². The van der Waals surface area contributed by atoms with E-state index in [-0.39, 0.29) is 11.8 Å². The first-order valence-electron chi connectivity index (χ1n) is 10.7. The number of rotatable bonds is 9. The van der Waals surface area contributed by atoms with E-state index in [1.807, 2.05) is 45.0 Å². The zero-order valence-corrected chi connectivity index (χ0v) is 18.1. The number of nitrogens with zero attached hydrogens (tertiary/aromatic N) is 2. The van der Waals surface area contributed by atoms with Crippen molar-refractivity contribution in [1.29, 1.82) is 0 Å². The highest BCUT2D eigenvalue weighted by Gasteiger charge is 2.17. The Kier molecular flexibility index (Phi) is 7.61. The Bertz CT molecular complexity index is 896. The second kappa shape index (κ2) is 10.6. The van der Waals surface area contributed by atoms with Crippen LogP contribution in [0, 0.1) is 12.8 Å². The van der Waals surface area contributed by atoms with Gasteiger partial charge in [0, 0.05) is 19.0 Å². The number of carbonyl (C=O) groups is 1. The minimum Gasteiger partial charge on any atom is -0.348 e. The van der Waals surface area contributed by atoms with Gasteiger partial charge in [-0.15, -0.1) is 0 Å². The van der Waals surface area contributed by atoms with Crippen LogP contribution in [0.15, 0.2) is 72.8 Å². The highest BCUT2D eigenvalue weighted by atomic mass is 16.1. The predicted molar refractivity (Wildman–Crippen MR) is 124 cm³/mol. The molecule has 156 valence electrons. The first-order chi connectivity index (χ1) is 14.6. The number of aryl methyl sites for hydroxylation is 1. The number of pyridine rings is 1. The fourth-order valence-corrected chi connectivity index (χ4v) is 3.58. The third-order valence-electron chi connectivity index (χ3n) is 5.44. The van der Waals surface area contributed by atoms with Crippen molar-refractivity contribution in [2.75, 3.05) is 10.2 Å². The van der Waals surface area contributed by atoms with Gasteiger partial charge < -0.3 is 10.2 Å². The Balaban J connectivity index is 1.83. The molecular formula is C26H31N3O. The number of anilines is 2. The van der Waals surface area contributed by atoms with Gasteiger partial charge in [-0.05, 0) is 43.0 Å². The molecule has 0 aliphatic heterocycles. The lowest BCUT2D eigenvalue weighted by Gasteiger charge is -2.25. The summed E-state index contributed by atoms with van der Waals surface area (Å²) in [5.41, 5.74) is 4.09. The molecule has 0 atom stereocenters. The Morgan fingerprint density at radius 1 is 0.867 bits per heavy atom. The second-order valence-corrected chi connectivity index (χ2v) is 7.63. The topological polar surface area (TPSA) is 45.2 Å². The number of nitrogens with one attached hydrogen (secondary N) is 1. The molecular weight excluding hydrogens is 370 g/mol. The summed E-state index contributed by atoms with van der Waals surface area (Å²) < 4.78 is 0. The third kappa shape index (κ3) is 5.69. The molecule has 1 aromatic heterocycles. The number of aromatic nitrogens is 1. The van der Waals surface area contributed by atoms with E-state index in [9.17, 15) is 4.79 Å². The van der Waals surface area contributed by atoms with Gasteiger partial charge in [0.15, 0.2) is 0 Å². The summed E-state index contributed by atoms with van der Waals surface area (Å²) >= 11 is 0. The smallest absolute Gasteiger partial charge is 0.227 e. The molecule has 3 rings (SSSR count). The molecule has 0 spiro atoms. The quantitative estimate of drug-likeness (QED) is 0.480. The van der Waals surface area contributed by atoms with Crippen molar-refractivity contribution in [3.05, 3.63) is 89.6 Å². The lowest BCUT2D eigenvalue weighted by atomic mass is 10.0. The third-order valence-corrected chi connectivity index (χ3v) is 5.44. The molecule has 1 N–H and O–H groups in total. The van der Waals surface area contributed by atoms with Crippen molar-refractivity contribution in [3.8, 4) is 0 Å². The predicted octanol–water partition coefficient (Wildman–Crippen LogP) is 5.97. The maximum Gasteiger partial charge on any atom is 0.227 e. The molecule has 0 saturated heterocycles. The van der Waals surface area contributed by atoms with Gasteiger partial charge in [0.1, 0.15) is 5.82 Å². The number of carbonyl (C=O) groups excluding carboxylic acids is 1. The van der Waals surface area contributed by atoms with Crippen molar-refractivity contribution in [2.24, 2.45) is 5.92 Å². The molecule has 0 saturated carbocycles. The molecule has 2 aromatic carbocycles. The standard InChI is InChI=1S/C26H31N3O/c1-4-23(5-2)26(30)28-24-16-17-25(27-20(24)3)29(18-21-12-8-6-9-13-21)19-22-14-10-7-11-15-22/h6-17,23H,4-5,18-19H2,1-3H3,(H,28,30). The van der Waals surface area contributed by atoms with E-state index in [1.165, 1.54) is 11.1 Å². The number of benzene rings is 2. The zero-order chi connectivity index (χ0) is 21.3. The summed E-state index contributed by atoms with van der Waals surface area (Å²) in [4.78, 5) is 19.6. The van der Waals surface area contributed by atoms with Crippen molar-refractivity contribution >= 4 is 17.4 Å². The maximum atomic E-state index is 12.5. The van der Waals surface area contributed by atoms with E-state index in [0.717, 1.165) is 43.1 Å². The minimum atomic E-state index is 0.0386. The van der Waals surface area contributed by atoms with Crippen molar-refractivity contribution in [1.82, 2.24) is 4.98 Å². The van der Waals surface area contributed by atoms with Gasteiger partial charge in [-0.2, -0.15) is 0 Å². The van der Waals surface area contributed by atoms with Crippen LogP contribution < -0.4 is 10.2 Å². The van der Waals surface area contributed by atoms with Crippen LogP contribution in [0.1, 0.15) is 43.5 Å². The molecule has 0 aliphatic carbocycles. The van der Waals surface area contributed by atoms with E-state index in [0.29, 0.717) is 0 Å². The molecule has 1 heterocycles. The number of hydrogen-bond acceptors (Lipinski definition) is 3. The molecule has 3 aromatic rings. The average Bonchev–Trinajstić information content (AvgIpc) is 2.77. The zero-order valence-electron chi connectivity index (χ0n) is 18.1. The van der Waals surface area contributed by atoms with Gasteiger partial charge in [0.05, 0.1) is 11.4 Å². The molecule has 0 unspecified atom stereocenters. The molecule has 30 heavy (non-hydrogen) atoms. The van der Waals surface area contributed by atoms with Crippen molar-refractivity contribution < 1.29 is 4.79 Å². The molecule has 0 bridgehead atoms. The largest absolute Gasteiger partial charge is 0.348 e. The summed E-state index contributed by atoms with van der Waals surface area (Å²) in [5, 5.41) is 3.06. The van der Waals surface area contributed by atoms with Gasteiger partial charge in [-0.3, -0.25) is 4.79 Å². The Morgan fingerprint density at radius 3 is 1.87 bits per heavy atom. The van der Waals surface area contributed by atoms with Crippen molar-refractivity contribution in [2.45, 2.75) is 46.7 Å². The van der Waals surface area contributed by atoms with Crippen LogP contribution in [0.25, 0.3) is 0 Å². The lowest BCUT2D eigenvalue weighted by Crippen LogP contribution is -2.24. The molecule has 1 amide bonds. The van der Waals surface area contributed by atoms with Crippen LogP contribution in [0.3, 0.4) is 0 Å². The Labute approximate surface area is 180 Å². The van der Waals surface area contributed by atoms with Crippen LogP contribution in [-0.4, -0.2) is 10.9 Å². The van der Waals surface area contributed by atoms with Gasteiger partial charge >= 0.3 is 0 Å². The second-order valence-electron chi connectivity index (χ2n) is 7.63. The molecule has 0 fully saturated rings. The Morgan fingerprint density at radius 2 is 1.40 bits per heavy atom. The number of amides is 1. The van der Waals surface area contributed by atoms with E-state index in [2.05, 4.69) is 58.7 Å². The summed E-state index contributed by atoms with van der Waals surface area (Å²) in [5.74, 6) is 1.01. The van der Waals surface area contributed by atoms with E-state index < -0.39 is 0 Å². The van der Waals surface area contributed by atoms with Gasteiger partial charge in [-0.25, -0.2) is 4.98 Å². The monoisotopic (exact) mass is 401 g/mol. The normalized spacial score (nSPS) is 10.8. The van der Waals surface area contributed by atoms with Crippen molar-refractivity contribution in [3.63, 3.8) is 0 Å². The van der Waals surface area contributed by atoms with Crippen LogP contribution in [0.2, 0.25) is 0 Å². The highest BCUT2D eigenvalue weighted by Crippen LogP contribution is 2.23. The fraction of sp³-hybridized carbons (Fsp3) is 0.308. The summed E-state index contributed by atoms with van der Waals surface area (Å²) in [6.45, 7) is 7.58. The maximum absolute atomic E-state index is 12.5. The van der Waals surface area contributed by atoms with E-state index >= 15 is 0 Å². The van der Waals surface area contributed by atoms with Gasteiger partial charge in [-0.1, -0.05) is 74.5 Å². The molecule has 4 nitrogen and oxygen atoms in total. The van der Waals surface area contributed by atoms with Crippen LogP contribution in [0.5, 0.6) is 0 Å². The average molecular weight is 402 g/mol. The minimum absolute atomic E-state index is 0.0386. The fourth-order valence-electron chi connectivity index (χ4n) is 3.58. The van der Waals surface area contributed by atoms with Gasteiger partial charge in [0.2, 0.25) is 5.91 Å². The SMILES string of the molecule is CCC(CC)C(=O)Nc1ccc(N(Cc2ccccc2)Cc2ccccc2)nc1C. The highest BCUT2D eigenvalue weighted by molar-refractivity contribution is 5.93.